The zero-order valence-corrected chi connectivity index (χ0v) is 11.3. The van der Waals surface area contributed by atoms with Crippen LogP contribution in [0.2, 0.25) is 0 Å². The van der Waals surface area contributed by atoms with Gasteiger partial charge in [0.1, 0.15) is 0 Å². The highest BCUT2D eigenvalue weighted by Gasteiger charge is 2.28. The molecule has 1 saturated carbocycles. The lowest BCUT2D eigenvalue weighted by Gasteiger charge is -2.19. The topological polar surface area (TPSA) is 29.9 Å². The molecule has 0 aliphatic heterocycles. The van der Waals surface area contributed by atoms with E-state index in [2.05, 4.69) is 37.4 Å². The van der Waals surface area contributed by atoms with Crippen LogP contribution in [0.3, 0.4) is 0 Å². The Labute approximate surface area is 105 Å². The van der Waals surface area contributed by atoms with Crippen molar-refractivity contribution in [3.63, 3.8) is 0 Å². The lowest BCUT2D eigenvalue weighted by atomic mass is 9.98. The average Bonchev–Trinajstić information content (AvgIpc) is 2.87. The molecule has 2 rings (SSSR count). The maximum atomic E-state index is 4.36. The van der Waals surface area contributed by atoms with Crippen molar-refractivity contribution >= 4 is 0 Å². The summed E-state index contributed by atoms with van der Waals surface area (Å²) in [5, 5.41) is 8.04. The zero-order chi connectivity index (χ0) is 12.3. The first kappa shape index (κ1) is 12.6. The Morgan fingerprint density at radius 1 is 1.41 bits per heavy atom. The fourth-order valence-corrected chi connectivity index (χ4v) is 2.75. The smallest absolute Gasteiger partial charge is 0.0534 e. The van der Waals surface area contributed by atoms with E-state index in [1.807, 2.05) is 10.9 Å². The Kier molecular flexibility index (Phi) is 4.21. The summed E-state index contributed by atoms with van der Waals surface area (Å²) in [5.74, 6) is 1.68. The van der Waals surface area contributed by atoms with E-state index < -0.39 is 0 Å². The highest BCUT2D eigenvalue weighted by Crippen LogP contribution is 2.31. The van der Waals surface area contributed by atoms with E-state index >= 15 is 0 Å². The number of nitrogens with one attached hydrogen (secondary N) is 1. The standard InChI is InChI=1S/C14H25N3/c1-4-7-17-10-13(9-16-17)8-15-14-6-5-11(2)12(14)3/h9-12,14-15H,4-8H2,1-3H3. The molecule has 1 aromatic rings. The van der Waals surface area contributed by atoms with E-state index in [4.69, 9.17) is 0 Å². The van der Waals surface area contributed by atoms with Gasteiger partial charge in [0.05, 0.1) is 6.20 Å². The van der Waals surface area contributed by atoms with E-state index in [1.54, 1.807) is 0 Å². The van der Waals surface area contributed by atoms with E-state index in [0.717, 1.165) is 31.3 Å². The third-order valence-electron chi connectivity index (χ3n) is 4.17. The molecule has 0 radical (unpaired) electrons. The second-order valence-electron chi connectivity index (χ2n) is 5.51. The van der Waals surface area contributed by atoms with Crippen molar-refractivity contribution in [2.24, 2.45) is 11.8 Å². The van der Waals surface area contributed by atoms with Crippen molar-refractivity contribution in [1.29, 1.82) is 0 Å². The van der Waals surface area contributed by atoms with Gasteiger partial charge in [-0.3, -0.25) is 4.68 Å². The third kappa shape index (κ3) is 3.09. The summed E-state index contributed by atoms with van der Waals surface area (Å²) in [6.45, 7) is 8.91. The van der Waals surface area contributed by atoms with Crippen LogP contribution in [-0.2, 0) is 13.1 Å². The number of aryl methyl sites for hydroxylation is 1. The molecule has 3 unspecified atom stereocenters. The monoisotopic (exact) mass is 235 g/mol. The number of rotatable bonds is 5. The van der Waals surface area contributed by atoms with Gasteiger partial charge < -0.3 is 5.32 Å². The van der Waals surface area contributed by atoms with Crippen LogP contribution in [-0.4, -0.2) is 15.8 Å². The molecule has 1 aromatic heterocycles. The molecule has 0 saturated heterocycles. The number of hydrogen-bond acceptors (Lipinski definition) is 2. The molecule has 1 aliphatic rings. The van der Waals surface area contributed by atoms with Gasteiger partial charge in [0.15, 0.2) is 0 Å². The summed E-state index contributed by atoms with van der Waals surface area (Å²) in [4.78, 5) is 0. The molecule has 1 fully saturated rings. The average molecular weight is 235 g/mol. The Bertz CT molecular complexity index is 345. The number of hydrogen-bond donors (Lipinski definition) is 1. The molecule has 1 aliphatic carbocycles. The molecule has 0 aromatic carbocycles. The van der Waals surface area contributed by atoms with Crippen LogP contribution in [0.25, 0.3) is 0 Å². The first-order valence-electron chi connectivity index (χ1n) is 6.95. The maximum Gasteiger partial charge on any atom is 0.0534 e. The minimum Gasteiger partial charge on any atom is -0.310 e. The summed E-state index contributed by atoms with van der Waals surface area (Å²) in [6.07, 6.45) is 8.00. The fraction of sp³-hybridized carbons (Fsp3) is 0.786. The molecule has 3 heteroatoms. The molecular formula is C14H25N3. The van der Waals surface area contributed by atoms with E-state index in [9.17, 15) is 0 Å². The summed E-state index contributed by atoms with van der Waals surface area (Å²) < 4.78 is 2.04. The van der Waals surface area contributed by atoms with Crippen molar-refractivity contribution in [2.45, 2.75) is 59.2 Å². The van der Waals surface area contributed by atoms with Gasteiger partial charge in [-0.05, 0) is 31.1 Å². The van der Waals surface area contributed by atoms with Gasteiger partial charge >= 0.3 is 0 Å². The van der Waals surface area contributed by atoms with Crippen LogP contribution in [0.5, 0.6) is 0 Å². The van der Waals surface area contributed by atoms with E-state index in [-0.39, 0.29) is 0 Å². The van der Waals surface area contributed by atoms with Crippen LogP contribution in [0, 0.1) is 11.8 Å². The number of aromatic nitrogens is 2. The van der Waals surface area contributed by atoms with Gasteiger partial charge in [0, 0.05) is 30.9 Å². The molecule has 96 valence electrons. The van der Waals surface area contributed by atoms with Crippen LogP contribution < -0.4 is 5.32 Å². The summed E-state index contributed by atoms with van der Waals surface area (Å²) in [7, 11) is 0. The van der Waals surface area contributed by atoms with Crippen molar-refractivity contribution in [2.75, 3.05) is 0 Å². The van der Waals surface area contributed by atoms with Gasteiger partial charge in [-0.1, -0.05) is 20.8 Å². The molecule has 1 heterocycles. The quantitative estimate of drug-likeness (QED) is 0.850. The largest absolute Gasteiger partial charge is 0.310 e. The lowest BCUT2D eigenvalue weighted by molar-refractivity contribution is 0.370. The van der Waals surface area contributed by atoms with E-state index in [1.165, 1.54) is 18.4 Å². The first-order valence-corrected chi connectivity index (χ1v) is 6.95. The molecule has 0 amide bonds. The summed E-state index contributed by atoms with van der Waals surface area (Å²) >= 11 is 0. The molecule has 17 heavy (non-hydrogen) atoms. The van der Waals surface area contributed by atoms with E-state index in [0.29, 0.717) is 6.04 Å². The van der Waals surface area contributed by atoms with Gasteiger partial charge in [-0.15, -0.1) is 0 Å². The summed E-state index contributed by atoms with van der Waals surface area (Å²) in [6, 6.07) is 0.694. The van der Waals surface area contributed by atoms with Crippen LogP contribution in [0.4, 0.5) is 0 Å². The second kappa shape index (κ2) is 5.67. The fourth-order valence-electron chi connectivity index (χ4n) is 2.75. The van der Waals surface area contributed by atoms with Crippen LogP contribution >= 0.6 is 0 Å². The van der Waals surface area contributed by atoms with Gasteiger partial charge in [0.25, 0.3) is 0 Å². The highest BCUT2D eigenvalue weighted by molar-refractivity contribution is 5.04. The Hall–Kier alpha value is -0.830. The molecule has 3 nitrogen and oxygen atoms in total. The van der Waals surface area contributed by atoms with Crippen molar-refractivity contribution in [3.05, 3.63) is 18.0 Å². The zero-order valence-electron chi connectivity index (χ0n) is 11.3. The van der Waals surface area contributed by atoms with Crippen molar-refractivity contribution in [3.8, 4) is 0 Å². The Morgan fingerprint density at radius 2 is 2.24 bits per heavy atom. The SMILES string of the molecule is CCCn1cc(CNC2CCC(C)C2C)cn1. The molecular weight excluding hydrogens is 210 g/mol. The van der Waals surface area contributed by atoms with Crippen LogP contribution in [0.15, 0.2) is 12.4 Å². The second-order valence-corrected chi connectivity index (χ2v) is 5.51. The maximum absolute atomic E-state index is 4.36. The third-order valence-corrected chi connectivity index (χ3v) is 4.17. The molecule has 1 N–H and O–H groups in total. The molecule has 0 spiro atoms. The molecule has 0 bridgehead atoms. The van der Waals surface area contributed by atoms with Gasteiger partial charge in [-0.2, -0.15) is 5.10 Å². The Balaban J connectivity index is 1.81. The van der Waals surface area contributed by atoms with Crippen LogP contribution in [0.1, 0.15) is 45.6 Å². The predicted octanol–water partition coefficient (Wildman–Crippen LogP) is 2.82. The molecule has 3 atom stereocenters. The van der Waals surface area contributed by atoms with Gasteiger partial charge in [0.2, 0.25) is 0 Å². The minimum absolute atomic E-state index is 0.694. The predicted molar refractivity (Wildman–Crippen MR) is 70.7 cm³/mol. The Morgan fingerprint density at radius 3 is 2.88 bits per heavy atom. The van der Waals surface area contributed by atoms with Crippen molar-refractivity contribution < 1.29 is 0 Å². The highest BCUT2D eigenvalue weighted by atomic mass is 15.3. The minimum atomic E-state index is 0.694. The van der Waals surface area contributed by atoms with Gasteiger partial charge in [-0.25, -0.2) is 0 Å². The summed E-state index contributed by atoms with van der Waals surface area (Å²) in [5.41, 5.74) is 1.31. The lowest BCUT2D eigenvalue weighted by Crippen LogP contribution is -2.31. The number of nitrogens with zero attached hydrogens (tertiary/aromatic N) is 2. The first-order chi connectivity index (χ1) is 8.20. The van der Waals surface area contributed by atoms with Crippen molar-refractivity contribution in [1.82, 2.24) is 15.1 Å². The normalized spacial score (nSPS) is 28.8.